The van der Waals surface area contributed by atoms with Gasteiger partial charge >= 0.3 is 5.69 Å². The Morgan fingerprint density at radius 3 is 2.39 bits per heavy atom. The number of benzene rings is 2. The second-order valence-electron chi connectivity index (χ2n) is 6.12. The molecule has 3 rings (SSSR count). The lowest BCUT2D eigenvalue weighted by atomic mass is 10.2. The van der Waals surface area contributed by atoms with Crippen LogP contribution in [-0.4, -0.2) is 20.7 Å². The number of Topliss-reactive ketones (excluding diaryl/α,β-unsaturated/α-hetero) is 1. The fraction of sp³-hybridized carbons (Fsp3) is 0.150. The van der Waals surface area contributed by atoms with Crippen molar-refractivity contribution < 1.29 is 4.79 Å². The van der Waals surface area contributed by atoms with Crippen molar-refractivity contribution in [3.05, 3.63) is 91.0 Å². The van der Waals surface area contributed by atoms with Gasteiger partial charge in [0.25, 0.3) is 5.56 Å². The molecule has 144 valence electrons. The van der Waals surface area contributed by atoms with Gasteiger partial charge in [-0.05, 0) is 33.6 Å². The van der Waals surface area contributed by atoms with Gasteiger partial charge in [0.15, 0.2) is 5.78 Å². The molecule has 0 atom stereocenters. The first kappa shape index (κ1) is 20.2. The molecule has 2 N–H and O–H groups in total. The molecule has 6 nitrogen and oxygen atoms in total. The van der Waals surface area contributed by atoms with E-state index in [-0.39, 0.29) is 23.7 Å². The van der Waals surface area contributed by atoms with Gasteiger partial charge in [0, 0.05) is 16.4 Å². The number of nitrogen functional groups attached to an aromatic ring is 1. The molecule has 0 aliphatic rings. The third-order valence-electron chi connectivity index (χ3n) is 4.24. The van der Waals surface area contributed by atoms with Crippen LogP contribution in [0.2, 0.25) is 0 Å². The van der Waals surface area contributed by atoms with E-state index in [0.29, 0.717) is 0 Å². The van der Waals surface area contributed by atoms with E-state index in [9.17, 15) is 14.4 Å². The predicted octanol–water partition coefficient (Wildman–Crippen LogP) is 2.92. The molecule has 0 aliphatic heterocycles. The van der Waals surface area contributed by atoms with E-state index in [1.54, 1.807) is 0 Å². The van der Waals surface area contributed by atoms with Crippen LogP contribution in [0.25, 0.3) is 0 Å². The topological polar surface area (TPSA) is 87.1 Å². The van der Waals surface area contributed by atoms with Gasteiger partial charge in [-0.2, -0.15) is 0 Å². The minimum Gasteiger partial charge on any atom is -0.384 e. The first-order valence-electron chi connectivity index (χ1n) is 8.44. The molecule has 0 radical (unpaired) electrons. The SMILES string of the molecule is Cn1c(=O)c(C(=O)CSc2ccccc2Br)c(N)n(Cc2ccccc2)c1=O. The Kier molecular flexibility index (Phi) is 6.21. The third-order valence-corrected chi connectivity index (χ3v) is 6.27. The minimum absolute atomic E-state index is 0.0333. The molecule has 1 heterocycles. The summed E-state index contributed by atoms with van der Waals surface area (Å²) in [7, 11) is 1.35. The molecule has 0 saturated heterocycles. The number of halogens is 1. The van der Waals surface area contributed by atoms with Crippen LogP contribution in [0.15, 0.2) is 73.6 Å². The van der Waals surface area contributed by atoms with Gasteiger partial charge in [0.05, 0.1) is 12.3 Å². The molecule has 0 saturated carbocycles. The largest absolute Gasteiger partial charge is 0.384 e. The molecule has 1 aromatic heterocycles. The summed E-state index contributed by atoms with van der Waals surface area (Å²) in [5.74, 6) is -0.485. The van der Waals surface area contributed by atoms with E-state index < -0.39 is 17.0 Å². The Balaban J connectivity index is 1.96. The summed E-state index contributed by atoms with van der Waals surface area (Å²) in [6.45, 7) is 0.178. The molecule has 8 heteroatoms. The van der Waals surface area contributed by atoms with Crippen molar-refractivity contribution in [2.45, 2.75) is 11.4 Å². The van der Waals surface area contributed by atoms with Crippen LogP contribution in [0.3, 0.4) is 0 Å². The van der Waals surface area contributed by atoms with E-state index in [1.165, 1.54) is 23.4 Å². The van der Waals surface area contributed by atoms with Crippen LogP contribution in [-0.2, 0) is 13.6 Å². The molecule has 0 fully saturated rings. The number of nitrogens with zero attached hydrogens (tertiary/aromatic N) is 2. The van der Waals surface area contributed by atoms with Crippen molar-refractivity contribution in [2.24, 2.45) is 7.05 Å². The van der Waals surface area contributed by atoms with Crippen LogP contribution < -0.4 is 17.0 Å². The minimum atomic E-state index is -0.676. The molecule has 0 unspecified atom stereocenters. The highest BCUT2D eigenvalue weighted by molar-refractivity contribution is 9.10. The zero-order chi connectivity index (χ0) is 20.3. The van der Waals surface area contributed by atoms with Gasteiger partial charge in [0.2, 0.25) is 0 Å². The molecule has 0 aliphatic carbocycles. The standard InChI is InChI=1S/C20H18BrN3O3S/c1-23-19(26)17(15(25)12-28-16-10-6-5-9-14(16)21)18(22)24(20(23)27)11-13-7-3-2-4-8-13/h2-10H,11-12,22H2,1H3. The first-order valence-corrected chi connectivity index (χ1v) is 10.2. The number of rotatable bonds is 6. The first-order chi connectivity index (χ1) is 13.4. The number of anilines is 1. The maximum absolute atomic E-state index is 12.8. The number of carbonyl (C=O) groups excluding carboxylic acids is 1. The Morgan fingerprint density at radius 2 is 1.71 bits per heavy atom. The van der Waals surface area contributed by atoms with E-state index in [1.807, 2.05) is 54.6 Å². The summed E-state index contributed by atoms with van der Waals surface area (Å²) in [4.78, 5) is 38.8. The zero-order valence-corrected chi connectivity index (χ0v) is 17.5. The lowest BCUT2D eigenvalue weighted by molar-refractivity contribution is 0.102. The lowest BCUT2D eigenvalue weighted by Crippen LogP contribution is -2.43. The number of hydrogen-bond acceptors (Lipinski definition) is 5. The monoisotopic (exact) mass is 459 g/mol. The smallest absolute Gasteiger partial charge is 0.332 e. The molecule has 3 aromatic rings. The number of ketones is 1. The second kappa shape index (κ2) is 8.62. The summed E-state index contributed by atoms with van der Waals surface area (Å²) in [6.07, 6.45) is 0. The number of hydrogen-bond donors (Lipinski definition) is 1. The molecular weight excluding hydrogens is 442 g/mol. The van der Waals surface area contributed by atoms with Gasteiger partial charge in [-0.15, -0.1) is 11.8 Å². The van der Waals surface area contributed by atoms with Gasteiger partial charge in [-0.1, -0.05) is 42.5 Å². The van der Waals surface area contributed by atoms with E-state index >= 15 is 0 Å². The third kappa shape index (κ3) is 4.13. The highest BCUT2D eigenvalue weighted by Crippen LogP contribution is 2.27. The molecular formula is C20H18BrN3O3S. The Labute approximate surface area is 174 Å². The van der Waals surface area contributed by atoms with Crippen LogP contribution in [0.4, 0.5) is 5.82 Å². The van der Waals surface area contributed by atoms with E-state index in [2.05, 4.69) is 15.9 Å². The number of aromatic nitrogens is 2. The average Bonchev–Trinajstić information content (AvgIpc) is 2.70. The van der Waals surface area contributed by atoms with Crippen LogP contribution in [0.5, 0.6) is 0 Å². The average molecular weight is 460 g/mol. The number of carbonyl (C=O) groups is 1. The van der Waals surface area contributed by atoms with E-state index in [4.69, 9.17) is 5.73 Å². The number of nitrogens with two attached hydrogens (primary N) is 1. The summed E-state index contributed by atoms with van der Waals surface area (Å²) >= 11 is 4.73. The lowest BCUT2D eigenvalue weighted by Gasteiger charge is -2.14. The Morgan fingerprint density at radius 1 is 1.07 bits per heavy atom. The van der Waals surface area contributed by atoms with Crippen molar-refractivity contribution in [2.75, 3.05) is 11.5 Å². The fourth-order valence-corrected chi connectivity index (χ4v) is 4.18. The van der Waals surface area contributed by atoms with Crippen LogP contribution >= 0.6 is 27.7 Å². The van der Waals surface area contributed by atoms with Gasteiger partial charge in [-0.25, -0.2) is 4.79 Å². The van der Waals surface area contributed by atoms with Crippen molar-refractivity contribution in [3.8, 4) is 0 Å². The summed E-state index contributed by atoms with van der Waals surface area (Å²) < 4.78 is 3.05. The normalized spacial score (nSPS) is 10.8. The zero-order valence-electron chi connectivity index (χ0n) is 15.1. The van der Waals surface area contributed by atoms with Gasteiger partial charge in [-0.3, -0.25) is 18.7 Å². The van der Waals surface area contributed by atoms with Gasteiger partial charge < -0.3 is 5.73 Å². The highest BCUT2D eigenvalue weighted by Gasteiger charge is 2.22. The molecule has 28 heavy (non-hydrogen) atoms. The van der Waals surface area contributed by atoms with Gasteiger partial charge in [0.1, 0.15) is 11.4 Å². The van der Waals surface area contributed by atoms with Crippen molar-refractivity contribution in [1.82, 2.24) is 9.13 Å². The Hall–Kier alpha value is -2.58. The fourth-order valence-electron chi connectivity index (χ4n) is 2.74. The quantitative estimate of drug-likeness (QED) is 0.452. The predicted molar refractivity (Wildman–Crippen MR) is 115 cm³/mol. The highest BCUT2D eigenvalue weighted by atomic mass is 79.9. The van der Waals surface area contributed by atoms with Crippen LogP contribution in [0.1, 0.15) is 15.9 Å². The second-order valence-corrected chi connectivity index (χ2v) is 7.99. The van der Waals surface area contributed by atoms with Crippen molar-refractivity contribution >= 4 is 39.3 Å². The summed E-state index contributed by atoms with van der Waals surface area (Å²) in [6, 6.07) is 16.7. The molecule has 0 spiro atoms. The molecule has 0 bridgehead atoms. The summed E-state index contributed by atoms with van der Waals surface area (Å²) in [5.41, 5.74) is 5.57. The molecule has 2 aromatic carbocycles. The Bertz CT molecular complexity index is 1140. The van der Waals surface area contributed by atoms with Crippen molar-refractivity contribution in [1.29, 1.82) is 0 Å². The van der Waals surface area contributed by atoms with E-state index in [0.717, 1.165) is 19.5 Å². The molecule has 0 amide bonds. The number of thioether (sulfide) groups is 1. The van der Waals surface area contributed by atoms with Crippen LogP contribution in [0, 0.1) is 0 Å². The maximum Gasteiger partial charge on any atom is 0.332 e. The van der Waals surface area contributed by atoms with Crippen molar-refractivity contribution in [3.63, 3.8) is 0 Å². The maximum atomic E-state index is 12.8. The summed E-state index contributed by atoms with van der Waals surface area (Å²) in [5, 5.41) is 0.